The molecule has 0 amide bonds. The van der Waals surface area contributed by atoms with E-state index in [-0.39, 0.29) is 18.9 Å². The smallest absolute Gasteiger partial charge is 0.248 e. The zero-order valence-corrected chi connectivity index (χ0v) is 12.8. The predicted octanol–water partition coefficient (Wildman–Crippen LogP) is 2.20. The van der Waals surface area contributed by atoms with Gasteiger partial charge in [-0.15, -0.1) is 0 Å². The van der Waals surface area contributed by atoms with Gasteiger partial charge in [-0.05, 0) is 18.9 Å². The van der Waals surface area contributed by atoms with Crippen molar-refractivity contribution >= 4 is 11.8 Å². The van der Waals surface area contributed by atoms with Crippen LogP contribution in [0.2, 0.25) is 0 Å². The Hall–Kier alpha value is -2.29. The quantitative estimate of drug-likeness (QED) is 0.732. The van der Waals surface area contributed by atoms with Crippen molar-refractivity contribution in [2.75, 3.05) is 17.8 Å². The minimum atomic E-state index is -2.54. The predicted molar refractivity (Wildman–Crippen MR) is 82.7 cm³/mol. The van der Waals surface area contributed by atoms with Gasteiger partial charge in [0.25, 0.3) is 0 Å². The van der Waals surface area contributed by atoms with Crippen LogP contribution in [0.15, 0.2) is 24.5 Å². The minimum Gasteiger partial charge on any atom is -0.367 e. The van der Waals surface area contributed by atoms with Gasteiger partial charge in [0, 0.05) is 44.4 Å². The molecule has 0 aromatic carbocycles. The zero-order chi connectivity index (χ0) is 16.3. The monoisotopic (exact) mass is 323 g/mol. The fourth-order valence-electron chi connectivity index (χ4n) is 2.59. The van der Waals surface area contributed by atoms with Crippen LogP contribution in [-0.4, -0.2) is 38.8 Å². The molecular formula is C14H19F2N7. The number of anilines is 2. The highest BCUT2D eigenvalue weighted by molar-refractivity contribution is 5.47. The van der Waals surface area contributed by atoms with Crippen molar-refractivity contribution in [2.45, 2.75) is 37.6 Å². The SMILES string of the molecule is CNNc1nc(NC2CCC(F)(F)CC2)cc(-n2cccn2)n1. The average molecular weight is 323 g/mol. The molecule has 124 valence electrons. The van der Waals surface area contributed by atoms with Crippen LogP contribution in [0, 0.1) is 0 Å². The number of nitrogens with one attached hydrogen (secondary N) is 3. The van der Waals surface area contributed by atoms with Crippen molar-refractivity contribution in [3.05, 3.63) is 24.5 Å². The van der Waals surface area contributed by atoms with Gasteiger partial charge in [0.05, 0.1) is 0 Å². The summed E-state index contributed by atoms with van der Waals surface area (Å²) in [5.74, 6) is -0.989. The van der Waals surface area contributed by atoms with Gasteiger partial charge in [-0.25, -0.2) is 18.9 Å². The van der Waals surface area contributed by atoms with Crippen LogP contribution in [0.4, 0.5) is 20.5 Å². The van der Waals surface area contributed by atoms with Gasteiger partial charge in [0.1, 0.15) is 5.82 Å². The largest absolute Gasteiger partial charge is 0.367 e. The Kier molecular flexibility index (Phi) is 4.37. The van der Waals surface area contributed by atoms with Crippen molar-refractivity contribution in [1.29, 1.82) is 0 Å². The Morgan fingerprint density at radius 1 is 1.26 bits per heavy atom. The summed E-state index contributed by atoms with van der Waals surface area (Å²) in [6.07, 6.45) is 4.08. The average Bonchev–Trinajstić information content (AvgIpc) is 3.04. The first-order valence-corrected chi connectivity index (χ1v) is 7.52. The molecular weight excluding hydrogens is 304 g/mol. The van der Waals surface area contributed by atoms with Crippen molar-refractivity contribution in [3.8, 4) is 5.82 Å². The molecule has 3 N–H and O–H groups in total. The van der Waals surface area contributed by atoms with Gasteiger partial charge in [-0.3, -0.25) is 5.43 Å². The molecule has 0 bridgehead atoms. The van der Waals surface area contributed by atoms with E-state index < -0.39 is 5.92 Å². The topological polar surface area (TPSA) is 79.7 Å². The maximum atomic E-state index is 13.2. The number of hydrazine groups is 1. The van der Waals surface area contributed by atoms with E-state index in [9.17, 15) is 8.78 Å². The van der Waals surface area contributed by atoms with Crippen molar-refractivity contribution in [1.82, 2.24) is 25.2 Å². The van der Waals surface area contributed by atoms with Crippen LogP contribution in [-0.2, 0) is 0 Å². The number of hydrogen-bond acceptors (Lipinski definition) is 6. The molecule has 1 aliphatic rings. The summed E-state index contributed by atoms with van der Waals surface area (Å²) in [4.78, 5) is 8.68. The fourth-order valence-corrected chi connectivity index (χ4v) is 2.59. The van der Waals surface area contributed by atoms with Gasteiger partial charge in [0.15, 0.2) is 5.82 Å². The van der Waals surface area contributed by atoms with E-state index in [0.717, 1.165) is 0 Å². The maximum Gasteiger partial charge on any atom is 0.248 e. The number of rotatable bonds is 5. The fraction of sp³-hybridized carbons (Fsp3) is 0.500. The summed E-state index contributed by atoms with van der Waals surface area (Å²) < 4.78 is 28.1. The molecule has 1 fully saturated rings. The first kappa shape index (κ1) is 15.6. The van der Waals surface area contributed by atoms with E-state index in [1.54, 1.807) is 36.3 Å². The van der Waals surface area contributed by atoms with Crippen LogP contribution < -0.4 is 16.2 Å². The maximum absolute atomic E-state index is 13.2. The minimum absolute atomic E-state index is 0.0163. The van der Waals surface area contributed by atoms with Gasteiger partial charge in [-0.2, -0.15) is 15.1 Å². The molecule has 1 aliphatic carbocycles. The summed E-state index contributed by atoms with van der Waals surface area (Å²) in [6, 6.07) is 3.53. The lowest BCUT2D eigenvalue weighted by Crippen LogP contribution is -2.32. The molecule has 0 aliphatic heterocycles. The van der Waals surface area contributed by atoms with Gasteiger partial charge in [-0.1, -0.05) is 0 Å². The molecule has 0 unspecified atom stereocenters. The Balaban J connectivity index is 1.78. The van der Waals surface area contributed by atoms with Crippen LogP contribution in [0.1, 0.15) is 25.7 Å². The number of halogens is 2. The second kappa shape index (κ2) is 6.45. The van der Waals surface area contributed by atoms with Crippen LogP contribution >= 0.6 is 0 Å². The molecule has 2 heterocycles. The number of hydrogen-bond donors (Lipinski definition) is 3. The zero-order valence-electron chi connectivity index (χ0n) is 12.8. The summed E-state index contributed by atoms with van der Waals surface area (Å²) in [5, 5.41) is 7.37. The third kappa shape index (κ3) is 3.92. The molecule has 2 aromatic heterocycles. The highest BCUT2D eigenvalue weighted by atomic mass is 19.3. The van der Waals surface area contributed by atoms with Crippen LogP contribution in [0.5, 0.6) is 0 Å². The first-order valence-electron chi connectivity index (χ1n) is 7.52. The molecule has 23 heavy (non-hydrogen) atoms. The normalized spacial score (nSPS) is 17.9. The van der Waals surface area contributed by atoms with E-state index in [1.165, 1.54) is 0 Å². The second-order valence-electron chi connectivity index (χ2n) is 5.54. The number of alkyl halides is 2. The third-order valence-corrected chi connectivity index (χ3v) is 3.76. The van der Waals surface area contributed by atoms with Crippen molar-refractivity contribution in [3.63, 3.8) is 0 Å². The van der Waals surface area contributed by atoms with Gasteiger partial charge < -0.3 is 5.32 Å². The van der Waals surface area contributed by atoms with E-state index in [4.69, 9.17) is 0 Å². The van der Waals surface area contributed by atoms with Crippen molar-refractivity contribution < 1.29 is 8.78 Å². The van der Waals surface area contributed by atoms with Gasteiger partial charge >= 0.3 is 0 Å². The molecule has 1 saturated carbocycles. The lowest BCUT2D eigenvalue weighted by molar-refractivity contribution is -0.0361. The number of aromatic nitrogens is 4. The number of nitrogens with zero attached hydrogens (tertiary/aromatic N) is 4. The Morgan fingerprint density at radius 2 is 2.04 bits per heavy atom. The summed E-state index contributed by atoms with van der Waals surface area (Å²) in [6.45, 7) is 0. The molecule has 3 rings (SSSR count). The molecule has 2 aromatic rings. The molecule has 0 atom stereocenters. The van der Waals surface area contributed by atoms with E-state index in [2.05, 4.69) is 31.2 Å². The lowest BCUT2D eigenvalue weighted by Gasteiger charge is -2.29. The molecule has 0 radical (unpaired) electrons. The third-order valence-electron chi connectivity index (χ3n) is 3.76. The standard InChI is InChI=1S/C14H19F2N7/c1-17-22-13-20-11(9-12(21-13)23-8-2-7-18-23)19-10-3-5-14(15,16)6-4-10/h2,7-10,17H,3-6H2,1H3,(H2,19,20,21,22). The first-order chi connectivity index (χ1) is 11.1. The molecule has 0 spiro atoms. The van der Waals surface area contributed by atoms with Crippen LogP contribution in [0.3, 0.4) is 0 Å². The van der Waals surface area contributed by atoms with Crippen molar-refractivity contribution in [2.24, 2.45) is 0 Å². The summed E-state index contributed by atoms with van der Waals surface area (Å²) in [5.41, 5.74) is 5.59. The molecule has 7 nitrogen and oxygen atoms in total. The Morgan fingerprint density at radius 3 is 2.70 bits per heavy atom. The van der Waals surface area contributed by atoms with E-state index in [1.807, 2.05) is 0 Å². The van der Waals surface area contributed by atoms with E-state index in [0.29, 0.717) is 30.4 Å². The highest BCUT2D eigenvalue weighted by Crippen LogP contribution is 2.34. The van der Waals surface area contributed by atoms with Crippen LogP contribution in [0.25, 0.3) is 5.82 Å². The van der Waals surface area contributed by atoms with E-state index >= 15 is 0 Å². The second-order valence-corrected chi connectivity index (χ2v) is 5.54. The highest BCUT2D eigenvalue weighted by Gasteiger charge is 2.34. The molecule has 9 heteroatoms. The van der Waals surface area contributed by atoms with Gasteiger partial charge in [0.2, 0.25) is 11.9 Å². The Bertz CT molecular complexity index is 635. The summed E-state index contributed by atoms with van der Waals surface area (Å²) >= 11 is 0. The summed E-state index contributed by atoms with van der Waals surface area (Å²) in [7, 11) is 1.71. The molecule has 0 saturated heterocycles. The Labute approximate surface area is 132 Å². The lowest BCUT2D eigenvalue weighted by atomic mass is 9.92.